The molecule has 4 N–H and O–H groups in total. The van der Waals surface area contributed by atoms with E-state index < -0.39 is 0 Å². The van der Waals surface area contributed by atoms with Gasteiger partial charge in [0.15, 0.2) is 0 Å². The molecule has 0 radical (unpaired) electrons. The number of halogens is 1. The second-order valence-corrected chi connectivity index (χ2v) is 5.54. The Morgan fingerprint density at radius 2 is 2.04 bits per heavy atom. The van der Waals surface area contributed by atoms with Gasteiger partial charge in [-0.2, -0.15) is 0 Å². The average Bonchev–Trinajstić information content (AvgIpc) is 2.54. The molecular weight excluding hydrogens is 314 g/mol. The van der Waals surface area contributed by atoms with Crippen molar-refractivity contribution in [1.29, 1.82) is 0 Å². The molecule has 0 spiro atoms. The molecule has 0 fully saturated rings. The molecule has 1 aromatic carbocycles. The van der Waals surface area contributed by atoms with E-state index in [1.807, 2.05) is 0 Å². The number of fused-ring (bicyclic) bond motifs is 1. The van der Waals surface area contributed by atoms with Crippen LogP contribution in [0.15, 0.2) is 41.3 Å². The Kier molecular flexibility index (Phi) is 4.27. The van der Waals surface area contributed by atoms with Gasteiger partial charge in [0.2, 0.25) is 0 Å². The summed E-state index contributed by atoms with van der Waals surface area (Å²) in [4.78, 5) is 21.6. The van der Waals surface area contributed by atoms with Gasteiger partial charge in [-0.05, 0) is 37.2 Å². The summed E-state index contributed by atoms with van der Waals surface area (Å²) in [6, 6.07) is 8.61. The summed E-state index contributed by atoms with van der Waals surface area (Å²) in [5.74, 6) is 1.01. The molecule has 2 heterocycles. The van der Waals surface area contributed by atoms with Crippen molar-refractivity contribution in [3.05, 3.63) is 57.7 Å². The van der Waals surface area contributed by atoms with Gasteiger partial charge in [-0.3, -0.25) is 9.36 Å². The zero-order valence-corrected chi connectivity index (χ0v) is 13.1. The van der Waals surface area contributed by atoms with Crippen molar-refractivity contribution < 1.29 is 0 Å². The molecule has 0 aliphatic carbocycles. The van der Waals surface area contributed by atoms with Crippen LogP contribution in [0.1, 0.15) is 12.2 Å². The molecule has 0 amide bonds. The van der Waals surface area contributed by atoms with Crippen molar-refractivity contribution in [1.82, 2.24) is 14.5 Å². The highest BCUT2D eigenvalue weighted by molar-refractivity contribution is 6.35. The van der Waals surface area contributed by atoms with Gasteiger partial charge in [-0.1, -0.05) is 17.7 Å². The number of hydrogen-bond donors (Lipinski definition) is 2. The minimum atomic E-state index is -0.223. The normalized spacial score (nSPS) is 11.0. The third-order valence-electron chi connectivity index (χ3n) is 3.55. The van der Waals surface area contributed by atoms with E-state index in [9.17, 15) is 4.79 Å². The van der Waals surface area contributed by atoms with Crippen LogP contribution < -0.4 is 17.0 Å². The molecule has 0 saturated carbocycles. The van der Waals surface area contributed by atoms with E-state index >= 15 is 0 Å². The predicted molar refractivity (Wildman–Crippen MR) is 91.9 cm³/mol. The molecular formula is C16H16ClN5O. The number of benzene rings is 1. The molecule has 0 bridgehead atoms. The largest absolute Gasteiger partial charge is 0.384 e. The first kappa shape index (κ1) is 15.5. The summed E-state index contributed by atoms with van der Waals surface area (Å²) in [5.41, 5.74) is 12.2. The van der Waals surface area contributed by atoms with Crippen LogP contribution in [0, 0.1) is 0 Å². The number of nitrogens with two attached hydrogens (primary N) is 2. The van der Waals surface area contributed by atoms with E-state index in [-0.39, 0.29) is 5.56 Å². The maximum absolute atomic E-state index is 13.0. The Hall–Kier alpha value is -2.44. The number of aryl methyl sites for hydroxylation is 1. The molecule has 0 atom stereocenters. The molecule has 6 nitrogen and oxygen atoms in total. The highest BCUT2D eigenvalue weighted by Crippen LogP contribution is 2.20. The van der Waals surface area contributed by atoms with Gasteiger partial charge >= 0.3 is 0 Å². The van der Waals surface area contributed by atoms with Gasteiger partial charge < -0.3 is 11.5 Å². The second-order valence-electron chi connectivity index (χ2n) is 5.14. The summed E-state index contributed by atoms with van der Waals surface area (Å²) in [6.07, 6.45) is 2.85. The summed E-state index contributed by atoms with van der Waals surface area (Å²) in [5, 5.41) is 0.769. The number of pyridine rings is 1. The first-order valence-electron chi connectivity index (χ1n) is 7.24. The SMILES string of the molecule is NCCCc1nc2cccc(Cl)c2c(=O)n1-c1ccc(N)nc1. The van der Waals surface area contributed by atoms with E-state index in [0.717, 1.165) is 6.42 Å². The molecule has 7 heteroatoms. The molecule has 23 heavy (non-hydrogen) atoms. The Morgan fingerprint density at radius 3 is 2.74 bits per heavy atom. The van der Waals surface area contributed by atoms with Crippen molar-refractivity contribution in [3.63, 3.8) is 0 Å². The van der Waals surface area contributed by atoms with E-state index in [0.29, 0.717) is 46.2 Å². The first-order valence-corrected chi connectivity index (χ1v) is 7.61. The second kappa shape index (κ2) is 6.36. The predicted octanol–water partition coefficient (Wildman–Crippen LogP) is 1.91. The third-order valence-corrected chi connectivity index (χ3v) is 3.86. The Labute approximate surface area is 137 Å². The fourth-order valence-electron chi connectivity index (χ4n) is 2.46. The molecule has 0 saturated heterocycles. The topological polar surface area (TPSA) is 99.8 Å². The lowest BCUT2D eigenvalue weighted by Crippen LogP contribution is -2.25. The van der Waals surface area contributed by atoms with Crippen LogP contribution in [0.5, 0.6) is 0 Å². The summed E-state index contributed by atoms with van der Waals surface area (Å²) < 4.78 is 1.52. The number of nitrogen functional groups attached to an aromatic ring is 1. The third kappa shape index (κ3) is 2.91. The fourth-order valence-corrected chi connectivity index (χ4v) is 2.71. The Bertz CT molecular complexity index is 905. The monoisotopic (exact) mass is 329 g/mol. The molecule has 0 aliphatic heterocycles. The van der Waals surface area contributed by atoms with Crippen molar-refractivity contribution >= 4 is 28.3 Å². The average molecular weight is 330 g/mol. The van der Waals surface area contributed by atoms with Crippen molar-refractivity contribution in [2.75, 3.05) is 12.3 Å². The van der Waals surface area contributed by atoms with E-state index in [1.165, 1.54) is 4.57 Å². The number of rotatable bonds is 4. The van der Waals surface area contributed by atoms with Crippen molar-refractivity contribution in [2.45, 2.75) is 12.8 Å². The van der Waals surface area contributed by atoms with Crippen LogP contribution in [-0.2, 0) is 6.42 Å². The maximum Gasteiger partial charge on any atom is 0.267 e. The smallest absolute Gasteiger partial charge is 0.267 e. The van der Waals surface area contributed by atoms with Crippen LogP contribution in [0.25, 0.3) is 16.6 Å². The van der Waals surface area contributed by atoms with Crippen molar-refractivity contribution in [3.8, 4) is 5.69 Å². The zero-order chi connectivity index (χ0) is 16.4. The van der Waals surface area contributed by atoms with Gasteiger partial charge in [0.25, 0.3) is 5.56 Å². The number of hydrogen-bond acceptors (Lipinski definition) is 5. The van der Waals surface area contributed by atoms with Crippen LogP contribution in [0.3, 0.4) is 0 Å². The molecule has 3 rings (SSSR count). The van der Waals surface area contributed by atoms with Crippen molar-refractivity contribution in [2.24, 2.45) is 5.73 Å². The van der Waals surface area contributed by atoms with Crippen LogP contribution in [0.4, 0.5) is 5.82 Å². The number of aromatic nitrogens is 3. The summed E-state index contributed by atoms with van der Waals surface area (Å²) in [6.45, 7) is 0.517. The lowest BCUT2D eigenvalue weighted by Gasteiger charge is -2.13. The number of anilines is 1. The molecule has 0 unspecified atom stereocenters. The highest BCUT2D eigenvalue weighted by Gasteiger charge is 2.14. The lowest BCUT2D eigenvalue weighted by molar-refractivity contribution is 0.740. The van der Waals surface area contributed by atoms with Crippen LogP contribution in [-0.4, -0.2) is 21.1 Å². The standard InChI is InChI=1S/C16H16ClN5O/c17-11-3-1-4-12-15(11)16(23)22(14(21-12)5-2-8-18)10-6-7-13(19)20-9-10/h1,3-4,6-7,9H,2,5,8,18H2,(H2,19,20). The van der Waals surface area contributed by atoms with Gasteiger partial charge in [0, 0.05) is 6.42 Å². The fraction of sp³-hybridized carbons (Fsp3) is 0.188. The number of nitrogens with zero attached hydrogens (tertiary/aromatic N) is 3. The molecule has 2 aromatic heterocycles. The first-order chi connectivity index (χ1) is 11.1. The van der Waals surface area contributed by atoms with Crippen LogP contribution >= 0.6 is 11.6 Å². The quantitative estimate of drug-likeness (QED) is 0.761. The lowest BCUT2D eigenvalue weighted by atomic mass is 10.2. The van der Waals surface area contributed by atoms with Gasteiger partial charge in [0.05, 0.1) is 27.8 Å². The highest BCUT2D eigenvalue weighted by atomic mass is 35.5. The van der Waals surface area contributed by atoms with E-state index in [4.69, 9.17) is 23.1 Å². The van der Waals surface area contributed by atoms with Gasteiger partial charge in [0.1, 0.15) is 11.6 Å². The Balaban J connectivity index is 2.32. The summed E-state index contributed by atoms with van der Waals surface area (Å²) in [7, 11) is 0. The van der Waals surface area contributed by atoms with Gasteiger partial charge in [-0.15, -0.1) is 0 Å². The molecule has 118 valence electrons. The minimum Gasteiger partial charge on any atom is -0.384 e. The minimum absolute atomic E-state index is 0.223. The molecule has 0 aliphatic rings. The molecule has 3 aromatic rings. The Morgan fingerprint density at radius 1 is 1.22 bits per heavy atom. The van der Waals surface area contributed by atoms with E-state index in [1.54, 1.807) is 36.5 Å². The van der Waals surface area contributed by atoms with Gasteiger partial charge in [-0.25, -0.2) is 9.97 Å². The maximum atomic E-state index is 13.0. The summed E-state index contributed by atoms with van der Waals surface area (Å²) >= 11 is 6.19. The zero-order valence-electron chi connectivity index (χ0n) is 12.4. The van der Waals surface area contributed by atoms with Crippen LogP contribution in [0.2, 0.25) is 5.02 Å². The van der Waals surface area contributed by atoms with E-state index in [2.05, 4.69) is 9.97 Å².